The highest BCUT2D eigenvalue weighted by molar-refractivity contribution is 5.91. The van der Waals surface area contributed by atoms with E-state index in [-0.39, 0.29) is 12.5 Å². The first-order valence-electron chi connectivity index (χ1n) is 8.26. The zero-order valence-corrected chi connectivity index (χ0v) is 14.6. The molecule has 2 N–H and O–H groups in total. The van der Waals surface area contributed by atoms with Gasteiger partial charge in [0.2, 0.25) is 5.89 Å². The number of amides is 1. The number of quaternary nitrogens is 1. The number of aryl methyl sites for hydroxylation is 1. The minimum atomic E-state index is -0.391. The summed E-state index contributed by atoms with van der Waals surface area (Å²) in [6.07, 6.45) is 0. The number of anilines is 1. The molecule has 0 radical (unpaired) electrons. The predicted octanol–water partition coefficient (Wildman–Crippen LogP) is 1.84. The largest absolute Gasteiger partial charge is 0.415 e. The van der Waals surface area contributed by atoms with Crippen molar-refractivity contribution in [2.45, 2.75) is 13.5 Å². The van der Waals surface area contributed by atoms with Crippen LogP contribution in [0.4, 0.5) is 10.1 Å². The zero-order valence-electron chi connectivity index (χ0n) is 14.6. The molecule has 0 saturated heterocycles. The Morgan fingerprint density at radius 2 is 2.00 bits per heavy atom. The fraction of sp³-hybridized carbons (Fsp3) is 0.211. The van der Waals surface area contributed by atoms with Crippen LogP contribution >= 0.6 is 0 Å². The number of aromatic nitrogens is 2. The minimum Gasteiger partial charge on any atom is -0.415 e. The van der Waals surface area contributed by atoms with E-state index in [2.05, 4.69) is 15.5 Å². The van der Waals surface area contributed by atoms with Crippen LogP contribution in [0.25, 0.3) is 11.5 Å². The lowest BCUT2D eigenvalue weighted by molar-refractivity contribution is -0.886. The molecule has 134 valence electrons. The first-order chi connectivity index (χ1) is 12.5. The molecule has 0 aliphatic heterocycles. The molecule has 0 bridgehead atoms. The summed E-state index contributed by atoms with van der Waals surface area (Å²) >= 11 is 0. The zero-order chi connectivity index (χ0) is 18.5. The van der Waals surface area contributed by atoms with E-state index >= 15 is 0 Å². The Bertz CT molecular complexity index is 910. The number of carbonyl (C=O) groups excluding carboxylic acids is 1. The standard InChI is InChI=1S/C19H19FN4O2/c1-13-5-3-6-14(9-13)19-23-22-18(26-19)12-24(2)11-17(25)21-16-8-4-7-15(20)10-16/h3-10H,11-12H2,1-2H3,(H,21,25)/p+1. The molecule has 3 rings (SSSR count). The van der Waals surface area contributed by atoms with Crippen molar-refractivity contribution in [3.63, 3.8) is 0 Å². The minimum absolute atomic E-state index is 0.193. The summed E-state index contributed by atoms with van der Waals surface area (Å²) in [4.78, 5) is 12.9. The maximum absolute atomic E-state index is 13.2. The van der Waals surface area contributed by atoms with Gasteiger partial charge in [-0.1, -0.05) is 23.8 Å². The van der Waals surface area contributed by atoms with Gasteiger partial charge in [0, 0.05) is 11.3 Å². The van der Waals surface area contributed by atoms with E-state index in [4.69, 9.17) is 4.42 Å². The third-order valence-electron chi connectivity index (χ3n) is 3.76. The molecule has 1 aromatic heterocycles. The van der Waals surface area contributed by atoms with Crippen LogP contribution in [0, 0.1) is 12.7 Å². The number of benzene rings is 2. The van der Waals surface area contributed by atoms with Gasteiger partial charge in [-0.2, -0.15) is 0 Å². The summed E-state index contributed by atoms with van der Waals surface area (Å²) < 4.78 is 18.8. The number of rotatable bonds is 6. The van der Waals surface area contributed by atoms with Crippen LogP contribution in [0.3, 0.4) is 0 Å². The Balaban J connectivity index is 1.56. The Labute approximate surface area is 150 Å². The van der Waals surface area contributed by atoms with Gasteiger partial charge in [-0.3, -0.25) is 4.79 Å². The molecule has 1 unspecified atom stereocenters. The molecule has 7 heteroatoms. The van der Waals surface area contributed by atoms with Crippen molar-refractivity contribution in [1.29, 1.82) is 0 Å². The second-order valence-corrected chi connectivity index (χ2v) is 6.24. The molecule has 1 atom stereocenters. The van der Waals surface area contributed by atoms with Crippen molar-refractivity contribution in [1.82, 2.24) is 10.2 Å². The summed E-state index contributed by atoms with van der Waals surface area (Å²) in [5, 5.41) is 10.8. The second kappa shape index (κ2) is 7.88. The summed E-state index contributed by atoms with van der Waals surface area (Å²) in [5.41, 5.74) is 2.41. The smallest absolute Gasteiger partial charge is 0.279 e. The maximum atomic E-state index is 13.2. The molecule has 6 nitrogen and oxygen atoms in total. The molecule has 3 aromatic rings. The van der Waals surface area contributed by atoms with Crippen LogP contribution in [0.1, 0.15) is 11.5 Å². The lowest BCUT2D eigenvalue weighted by Crippen LogP contribution is -3.08. The Morgan fingerprint density at radius 3 is 2.77 bits per heavy atom. The van der Waals surface area contributed by atoms with Gasteiger partial charge >= 0.3 is 0 Å². The van der Waals surface area contributed by atoms with Crippen molar-refractivity contribution in [2.24, 2.45) is 0 Å². The average Bonchev–Trinajstić information content (AvgIpc) is 3.03. The van der Waals surface area contributed by atoms with E-state index in [1.807, 2.05) is 38.2 Å². The number of likely N-dealkylation sites (N-methyl/N-ethyl adjacent to an activating group) is 1. The molecule has 0 saturated carbocycles. The van der Waals surface area contributed by atoms with Gasteiger partial charge in [0.1, 0.15) is 5.82 Å². The fourth-order valence-corrected chi connectivity index (χ4v) is 2.59. The fourth-order valence-electron chi connectivity index (χ4n) is 2.59. The number of nitrogens with one attached hydrogen (secondary N) is 2. The van der Waals surface area contributed by atoms with E-state index < -0.39 is 5.82 Å². The Morgan fingerprint density at radius 1 is 1.19 bits per heavy atom. The molecule has 2 aromatic carbocycles. The SMILES string of the molecule is Cc1cccc(-c2nnc(C[NH+](C)CC(=O)Nc3cccc(F)c3)o2)c1. The number of carbonyl (C=O) groups is 1. The van der Waals surface area contributed by atoms with Crippen LogP contribution < -0.4 is 10.2 Å². The Kier molecular flexibility index (Phi) is 5.38. The molecule has 0 fully saturated rings. The van der Waals surface area contributed by atoms with E-state index in [1.165, 1.54) is 12.1 Å². The molecular formula is C19H20FN4O2+. The number of hydrogen-bond donors (Lipinski definition) is 2. The van der Waals surface area contributed by atoms with Gasteiger partial charge in [0.25, 0.3) is 11.8 Å². The van der Waals surface area contributed by atoms with Gasteiger partial charge in [-0.25, -0.2) is 4.39 Å². The number of halogens is 1. The highest BCUT2D eigenvalue weighted by Gasteiger charge is 2.16. The molecule has 0 aliphatic rings. The molecule has 1 heterocycles. The quantitative estimate of drug-likeness (QED) is 0.708. The maximum Gasteiger partial charge on any atom is 0.279 e. The summed E-state index contributed by atoms with van der Waals surface area (Å²) in [5.74, 6) is 0.308. The first-order valence-corrected chi connectivity index (χ1v) is 8.26. The van der Waals surface area contributed by atoms with Gasteiger partial charge < -0.3 is 14.6 Å². The second-order valence-electron chi connectivity index (χ2n) is 6.24. The van der Waals surface area contributed by atoms with Crippen LogP contribution in [-0.2, 0) is 11.3 Å². The van der Waals surface area contributed by atoms with Crippen LogP contribution in [-0.4, -0.2) is 29.7 Å². The van der Waals surface area contributed by atoms with E-state index in [0.717, 1.165) is 16.0 Å². The lowest BCUT2D eigenvalue weighted by atomic mass is 10.1. The van der Waals surface area contributed by atoms with Crippen molar-refractivity contribution in [2.75, 3.05) is 18.9 Å². The van der Waals surface area contributed by atoms with Crippen molar-refractivity contribution >= 4 is 11.6 Å². The van der Waals surface area contributed by atoms with Crippen molar-refractivity contribution in [3.8, 4) is 11.5 Å². The van der Waals surface area contributed by atoms with E-state index in [9.17, 15) is 9.18 Å². The van der Waals surface area contributed by atoms with Gasteiger partial charge in [-0.15, -0.1) is 10.2 Å². The summed E-state index contributed by atoms with van der Waals surface area (Å²) in [6, 6.07) is 13.6. The summed E-state index contributed by atoms with van der Waals surface area (Å²) in [6.45, 7) is 2.60. The Hall–Kier alpha value is -3.06. The lowest BCUT2D eigenvalue weighted by Gasteiger charge is -2.11. The molecular weight excluding hydrogens is 335 g/mol. The van der Waals surface area contributed by atoms with Crippen molar-refractivity contribution < 1.29 is 18.5 Å². The number of nitrogens with zero attached hydrogens (tertiary/aromatic N) is 2. The third-order valence-corrected chi connectivity index (χ3v) is 3.76. The predicted molar refractivity (Wildman–Crippen MR) is 95.0 cm³/mol. The highest BCUT2D eigenvalue weighted by Crippen LogP contribution is 2.18. The molecule has 0 aliphatic carbocycles. The first kappa shape index (κ1) is 17.8. The normalized spacial score (nSPS) is 12.0. The average molecular weight is 355 g/mol. The van der Waals surface area contributed by atoms with Crippen molar-refractivity contribution in [3.05, 3.63) is 65.8 Å². The van der Waals surface area contributed by atoms with Gasteiger partial charge in [-0.05, 0) is 37.3 Å². The topological polar surface area (TPSA) is 72.5 Å². The molecule has 0 spiro atoms. The molecule has 26 heavy (non-hydrogen) atoms. The van der Waals surface area contributed by atoms with Crippen LogP contribution in [0.15, 0.2) is 52.9 Å². The van der Waals surface area contributed by atoms with E-state index in [1.54, 1.807) is 12.1 Å². The van der Waals surface area contributed by atoms with Crippen LogP contribution in [0.2, 0.25) is 0 Å². The van der Waals surface area contributed by atoms with E-state index in [0.29, 0.717) is 24.0 Å². The molecule has 1 amide bonds. The van der Waals surface area contributed by atoms with Gasteiger partial charge in [0.15, 0.2) is 13.1 Å². The number of hydrogen-bond acceptors (Lipinski definition) is 4. The van der Waals surface area contributed by atoms with Gasteiger partial charge in [0.05, 0.1) is 7.05 Å². The summed E-state index contributed by atoms with van der Waals surface area (Å²) in [7, 11) is 1.85. The van der Waals surface area contributed by atoms with Crippen LogP contribution in [0.5, 0.6) is 0 Å². The highest BCUT2D eigenvalue weighted by atomic mass is 19.1. The third kappa shape index (κ3) is 4.73. The monoisotopic (exact) mass is 355 g/mol.